The minimum Gasteiger partial charge on any atom is -0.479 e. The van der Waals surface area contributed by atoms with Crippen LogP contribution >= 0.6 is 15.9 Å². The van der Waals surface area contributed by atoms with Crippen molar-refractivity contribution in [3.05, 3.63) is 28.2 Å². The molecule has 2 unspecified atom stereocenters. The Labute approximate surface area is 116 Å². The molecule has 0 aliphatic rings. The van der Waals surface area contributed by atoms with Crippen LogP contribution in [0.1, 0.15) is 25.8 Å². The highest BCUT2D eigenvalue weighted by molar-refractivity contribution is 9.10. The van der Waals surface area contributed by atoms with Crippen molar-refractivity contribution in [1.29, 1.82) is 0 Å². The largest absolute Gasteiger partial charge is 0.479 e. The molecule has 1 aromatic carbocycles. The van der Waals surface area contributed by atoms with E-state index in [2.05, 4.69) is 15.9 Å². The lowest BCUT2D eigenvalue weighted by molar-refractivity contribution is -0.124. The average molecular weight is 315 g/mol. The Kier molecular flexibility index (Phi) is 5.62. The van der Waals surface area contributed by atoms with Crippen molar-refractivity contribution in [2.45, 2.75) is 38.8 Å². The second kappa shape index (κ2) is 6.75. The van der Waals surface area contributed by atoms with Gasteiger partial charge in [0.2, 0.25) is 0 Å². The Morgan fingerprint density at radius 2 is 2.17 bits per heavy atom. The summed E-state index contributed by atoms with van der Waals surface area (Å²) in [5.74, 6) is 0.165. The highest BCUT2D eigenvalue weighted by Gasteiger charge is 2.16. The molecular formula is C13H19BrN2O2. The maximum Gasteiger partial charge on any atom is 0.258 e. The highest BCUT2D eigenvalue weighted by atomic mass is 79.9. The Hall–Kier alpha value is -1.07. The van der Waals surface area contributed by atoms with Crippen molar-refractivity contribution in [2.24, 2.45) is 11.5 Å². The smallest absolute Gasteiger partial charge is 0.258 e. The van der Waals surface area contributed by atoms with Crippen molar-refractivity contribution in [1.82, 2.24) is 0 Å². The van der Waals surface area contributed by atoms with E-state index < -0.39 is 12.0 Å². The Bertz CT molecular complexity index is 421. The number of carbonyl (C=O) groups excluding carboxylic acids is 1. The molecule has 4 nitrogen and oxygen atoms in total. The number of hydrogen-bond acceptors (Lipinski definition) is 3. The molecule has 0 saturated carbocycles. The van der Waals surface area contributed by atoms with Crippen molar-refractivity contribution < 1.29 is 9.53 Å². The van der Waals surface area contributed by atoms with Crippen LogP contribution in [0.3, 0.4) is 0 Å². The first-order chi connectivity index (χ1) is 8.43. The van der Waals surface area contributed by atoms with E-state index in [-0.39, 0.29) is 6.04 Å². The second-order valence-corrected chi connectivity index (χ2v) is 5.22. The maximum absolute atomic E-state index is 11.1. The van der Waals surface area contributed by atoms with Crippen molar-refractivity contribution in [3.63, 3.8) is 0 Å². The molecule has 0 bridgehead atoms. The zero-order valence-corrected chi connectivity index (χ0v) is 12.2. The van der Waals surface area contributed by atoms with E-state index in [9.17, 15) is 4.79 Å². The van der Waals surface area contributed by atoms with E-state index in [1.165, 1.54) is 0 Å². The third kappa shape index (κ3) is 4.31. The summed E-state index contributed by atoms with van der Waals surface area (Å²) in [5, 5.41) is 0. The molecule has 0 saturated heterocycles. The molecule has 0 heterocycles. The van der Waals surface area contributed by atoms with Gasteiger partial charge in [-0.05, 0) is 53.4 Å². The van der Waals surface area contributed by atoms with Gasteiger partial charge in [0.1, 0.15) is 5.75 Å². The summed E-state index contributed by atoms with van der Waals surface area (Å²) in [6.45, 7) is 3.81. The van der Waals surface area contributed by atoms with E-state index in [4.69, 9.17) is 16.2 Å². The van der Waals surface area contributed by atoms with Crippen LogP contribution in [-0.2, 0) is 11.2 Å². The first kappa shape index (κ1) is 15.0. The van der Waals surface area contributed by atoms with E-state index in [0.717, 1.165) is 16.5 Å². The van der Waals surface area contributed by atoms with Crippen LogP contribution < -0.4 is 16.2 Å². The molecule has 1 amide bonds. The zero-order valence-electron chi connectivity index (χ0n) is 10.7. The molecule has 100 valence electrons. The maximum atomic E-state index is 11.1. The van der Waals surface area contributed by atoms with Gasteiger partial charge in [-0.1, -0.05) is 13.0 Å². The molecule has 0 aliphatic carbocycles. The number of primary amides is 1. The fourth-order valence-electron chi connectivity index (χ4n) is 1.63. The van der Waals surface area contributed by atoms with Crippen molar-refractivity contribution in [3.8, 4) is 5.75 Å². The monoisotopic (exact) mass is 314 g/mol. The van der Waals surface area contributed by atoms with Gasteiger partial charge in [-0.3, -0.25) is 4.79 Å². The quantitative estimate of drug-likeness (QED) is 0.842. The topological polar surface area (TPSA) is 78.3 Å². The first-order valence-corrected chi connectivity index (χ1v) is 6.73. The Morgan fingerprint density at radius 1 is 1.50 bits per heavy atom. The van der Waals surface area contributed by atoms with E-state index in [1.54, 1.807) is 0 Å². The van der Waals surface area contributed by atoms with Crippen LogP contribution in [0.4, 0.5) is 0 Å². The van der Waals surface area contributed by atoms with Gasteiger partial charge in [0.15, 0.2) is 6.10 Å². The summed E-state index contributed by atoms with van der Waals surface area (Å²) in [5.41, 5.74) is 12.1. The van der Waals surface area contributed by atoms with Gasteiger partial charge >= 0.3 is 0 Å². The number of amides is 1. The number of hydrogen-bond donors (Lipinski definition) is 2. The van der Waals surface area contributed by atoms with Gasteiger partial charge in [0, 0.05) is 6.04 Å². The molecule has 0 radical (unpaired) electrons. The molecule has 1 aromatic rings. The minimum atomic E-state index is -0.597. The van der Waals surface area contributed by atoms with Crippen LogP contribution in [0.5, 0.6) is 5.75 Å². The van der Waals surface area contributed by atoms with Crippen molar-refractivity contribution >= 4 is 21.8 Å². The number of carbonyl (C=O) groups is 1. The van der Waals surface area contributed by atoms with Gasteiger partial charge in [-0.15, -0.1) is 0 Å². The fourth-order valence-corrected chi connectivity index (χ4v) is 2.15. The number of rotatable bonds is 6. The van der Waals surface area contributed by atoms with E-state index in [0.29, 0.717) is 12.2 Å². The molecule has 5 heteroatoms. The highest BCUT2D eigenvalue weighted by Crippen LogP contribution is 2.27. The van der Waals surface area contributed by atoms with Gasteiger partial charge in [-0.2, -0.15) is 0 Å². The van der Waals surface area contributed by atoms with Crippen LogP contribution in [0.15, 0.2) is 22.7 Å². The summed E-state index contributed by atoms with van der Waals surface area (Å²) in [7, 11) is 0. The predicted molar refractivity (Wildman–Crippen MR) is 75.4 cm³/mol. The van der Waals surface area contributed by atoms with Crippen molar-refractivity contribution in [2.75, 3.05) is 0 Å². The molecule has 4 N–H and O–H groups in total. The second-order valence-electron chi connectivity index (χ2n) is 4.36. The number of ether oxygens (including phenoxy) is 1. The first-order valence-electron chi connectivity index (χ1n) is 5.94. The summed E-state index contributed by atoms with van der Waals surface area (Å²) >= 11 is 3.43. The van der Waals surface area contributed by atoms with E-state index in [1.807, 2.05) is 32.0 Å². The number of nitrogens with two attached hydrogens (primary N) is 2. The lowest BCUT2D eigenvalue weighted by Gasteiger charge is -2.16. The third-order valence-corrected chi connectivity index (χ3v) is 3.13. The summed E-state index contributed by atoms with van der Waals surface area (Å²) < 4.78 is 6.37. The molecule has 0 aliphatic heterocycles. The van der Waals surface area contributed by atoms with Gasteiger partial charge in [0.25, 0.3) is 5.91 Å². The lowest BCUT2D eigenvalue weighted by atomic mass is 10.1. The van der Waals surface area contributed by atoms with Gasteiger partial charge in [0.05, 0.1) is 4.47 Å². The third-order valence-electron chi connectivity index (χ3n) is 2.51. The molecule has 18 heavy (non-hydrogen) atoms. The SMILES string of the molecule is CCC(Oc1ccc(CC(C)N)cc1Br)C(N)=O. The normalized spacial score (nSPS) is 14.0. The molecule has 0 aromatic heterocycles. The predicted octanol–water partition coefficient (Wildman–Crippen LogP) is 1.98. The zero-order chi connectivity index (χ0) is 13.7. The minimum absolute atomic E-state index is 0.109. The Balaban J connectivity index is 2.82. The molecular weight excluding hydrogens is 296 g/mol. The number of halogens is 1. The fraction of sp³-hybridized carbons (Fsp3) is 0.462. The van der Waals surface area contributed by atoms with Crippen LogP contribution in [-0.4, -0.2) is 18.1 Å². The van der Waals surface area contributed by atoms with Crippen LogP contribution in [0.25, 0.3) is 0 Å². The van der Waals surface area contributed by atoms with Gasteiger partial charge in [-0.25, -0.2) is 0 Å². The molecule has 0 fully saturated rings. The van der Waals surface area contributed by atoms with E-state index >= 15 is 0 Å². The number of benzene rings is 1. The standard InChI is InChI=1S/C13H19BrN2O2/c1-3-11(13(16)17)18-12-5-4-9(6-8(2)15)7-10(12)14/h4-5,7-8,11H,3,6,15H2,1-2H3,(H2,16,17). The summed E-state index contributed by atoms with van der Waals surface area (Å²) in [6.07, 6.45) is 0.746. The van der Waals surface area contributed by atoms with Crippen LogP contribution in [0, 0.1) is 0 Å². The lowest BCUT2D eigenvalue weighted by Crippen LogP contribution is -2.33. The average Bonchev–Trinajstić information content (AvgIpc) is 2.26. The molecule has 2 atom stereocenters. The summed E-state index contributed by atoms with van der Waals surface area (Å²) in [4.78, 5) is 11.1. The van der Waals surface area contributed by atoms with Crippen LogP contribution in [0.2, 0.25) is 0 Å². The van der Waals surface area contributed by atoms with Gasteiger partial charge < -0.3 is 16.2 Å². The molecule has 1 rings (SSSR count). The molecule has 0 spiro atoms. The Morgan fingerprint density at radius 3 is 2.61 bits per heavy atom. The summed E-state index contributed by atoms with van der Waals surface area (Å²) in [6, 6.07) is 5.83.